The van der Waals surface area contributed by atoms with E-state index in [1.165, 1.54) is 43.1 Å². The van der Waals surface area contributed by atoms with E-state index in [9.17, 15) is 0 Å². The number of benzene rings is 2. The van der Waals surface area contributed by atoms with Crippen molar-refractivity contribution in [3.05, 3.63) is 97.3 Å². The Hall–Kier alpha value is -3.23. The van der Waals surface area contributed by atoms with Crippen molar-refractivity contribution in [3.8, 4) is 0 Å². The third kappa shape index (κ3) is 2.79. The molecule has 0 aromatic heterocycles. The van der Waals surface area contributed by atoms with Gasteiger partial charge in [0, 0.05) is 11.8 Å². The van der Waals surface area contributed by atoms with Gasteiger partial charge >= 0.3 is 0 Å². The van der Waals surface area contributed by atoms with Gasteiger partial charge in [-0.25, -0.2) is 0 Å². The molecule has 3 atom stereocenters. The maximum Gasteiger partial charge on any atom is 0.0690 e. The molecule has 0 saturated heterocycles. The summed E-state index contributed by atoms with van der Waals surface area (Å²) < 4.78 is 0. The lowest BCUT2D eigenvalue weighted by atomic mass is 9.65. The fourth-order valence-corrected chi connectivity index (χ4v) is 5.90. The molecule has 4 aliphatic rings. The normalized spacial score (nSPS) is 25.5. The number of nitrogens with one attached hydrogen (secondary N) is 1. The fraction of sp³-hybridized carbons (Fsp3) is 0.233. The first-order chi connectivity index (χ1) is 15.5. The molecule has 2 aromatic carbocycles. The van der Waals surface area contributed by atoms with Gasteiger partial charge in [0.2, 0.25) is 0 Å². The van der Waals surface area contributed by atoms with Crippen molar-refractivity contribution in [2.45, 2.75) is 38.6 Å². The first-order valence-electron chi connectivity index (χ1n) is 11.6. The van der Waals surface area contributed by atoms with Crippen LogP contribution in [0.4, 0.5) is 0 Å². The quantitative estimate of drug-likeness (QED) is 0.738. The van der Waals surface area contributed by atoms with Crippen LogP contribution < -0.4 is 26.6 Å². The van der Waals surface area contributed by atoms with Gasteiger partial charge in [-0.2, -0.15) is 0 Å². The Kier molecular flexibility index (Phi) is 4.34. The fourth-order valence-electron chi connectivity index (χ4n) is 5.90. The number of fused-ring (bicyclic) bond motifs is 4. The van der Waals surface area contributed by atoms with E-state index in [-0.39, 0.29) is 17.9 Å². The zero-order valence-corrected chi connectivity index (χ0v) is 18.7. The van der Waals surface area contributed by atoms with Crippen molar-refractivity contribution in [1.82, 2.24) is 0 Å². The molecule has 3 N–H and O–H groups in total. The number of allylic oxidation sites excluding steroid dienone is 4. The lowest BCUT2D eigenvalue weighted by molar-refractivity contribution is 0.639. The van der Waals surface area contributed by atoms with Crippen LogP contribution in [-0.2, 0) is 0 Å². The topological polar surface area (TPSA) is 49.9 Å². The van der Waals surface area contributed by atoms with Crippen LogP contribution in [0.5, 0.6) is 0 Å². The molecule has 0 saturated carbocycles. The molecule has 0 bridgehead atoms. The van der Waals surface area contributed by atoms with Crippen LogP contribution in [0.1, 0.15) is 43.7 Å². The lowest BCUT2D eigenvalue weighted by Gasteiger charge is -2.39. The van der Waals surface area contributed by atoms with Gasteiger partial charge in [-0.05, 0) is 87.0 Å². The van der Waals surface area contributed by atoms with E-state index in [4.69, 9.17) is 11.1 Å². The second kappa shape index (κ2) is 7.15. The zero-order chi connectivity index (χ0) is 22.0. The third-order valence-corrected chi connectivity index (χ3v) is 7.69. The molecule has 158 valence electrons. The molecular weight excluding hydrogens is 388 g/mol. The molecular formula is C30H28N2. The summed E-state index contributed by atoms with van der Waals surface area (Å²) in [5, 5.41) is 13.8. The van der Waals surface area contributed by atoms with E-state index in [0.717, 1.165) is 24.0 Å². The average Bonchev–Trinajstić information content (AvgIpc) is 2.82. The van der Waals surface area contributed by atoms with Gasteiger partial charge in [0.1, 0.15) is 0 Å². The van der Waals surface area contributed by atoms with Crippen LogP contribution >= 0.6 is 0 Å². The molecule has 0 aliphatic heterocycles. The molecule has 2 nitrogen and oxygen atoms in total. The Labute approximate surface area is 188 Å². The molecule has 32 heavy (non-hydrogen) atoms. The molecule has 4 aliphatic carbocycles. The highest BCUT2D eigenvalue weighted by Gasteiger charge is 2.38. The van der Waals surface area contributed by atoms with Gasteiger partial charge in [-0.1, -0.05) is 66.8 Å². The van der Waals surface area contributed by atoms with Crippen LogP contribution in [0, 0.1) is 11.3 Å². The maximum atomic E-state index is 8.60. The highest BCUT2D eigenvalue weighted by molar-refractivity contribution is 6.05. The van der Waals surface area contributed by atoms with E-state index in [1.807, 2.05) is 6.92 Å². The van der Waals surface area contributed by atoms with Crippen LogP contribution in [0.15, 0.2) is 65.3 Å². The van der Waals surface area contributed by atoms with E-state index < -0.39 is 0 Å². The SMILES string of the molecule is CC1=CC=C(C2c3cc4c(cc3C(C)=C3C=c5ccccc5=CC32)=CCCC=4)C(N)C1=N. The molecule has 0 spiro atoms. The summed E-state index contributed by atoms with van der Waals surface area (Å²) in [6.07, 6.45) is 16.0. The highest BCUT2D eigenvalue weighted by Crippen LogP contribution is 2.48. The maximum absolute atomic E-state index is 8.60. The van der Waals surface area contributed by atoms with Crippen molar-refractivity contribution in [3.63, 3.8) is 0 Å². The summed E-state index contributed by atoms with van der Waals surface area (Å²) in [5.74, 6) is 0.355. The Balaban J connectivity index is 1.69. The van der Waals surface area contributed by atoms with Crippen LogP contribution in [0.25, 0.3) is 29.9 Å². The van der Waals surface area contributed by atoms with Crippen molar-refractivity contribution in [2.24, 2.45) is 11.7 Å². The smallest absolute Gasteiger partial charge is 0.0690 e. The molecule has 3 unspecified atom stereocenters. The minimum atomic E-state index is -0.366. The Morgan fingerprint density at radius 3 is 2.41 bits per heavy atom. The monoisotopic (exact) mass is 416 g/mol. The molecule has 0 heterocycles. The van der Waals surface area contributed by atoms with Gasteiger partial charge in [0.25, 0.3) is 0 Å². The van der Waals surface area contributed by atoms with Crippen molar-refractivity contribution in [2.75, 3.05) is 0 Å². The van der Waals surface area contributed by atoms with Crippen LogP contribution in [0.3, 0.4) is 0 Å². The van der Waals surface area contributed by atoms with E-state index in [0.29, 0.717) is 5.71 Å². The molecule has 0 fully saturated rings. The molecule has 6 rings (SSSR count). The number of rotatable bonds is 1. The zero-order valence-electron chi connectivity index (χ0n) is 18.7. The molecule has 0 radical (unpaired) electrons. The van der Waals surface area contributed by atoms with Gasteiger partial charge in [-0.3, -0.25) is 0 Å². The summed E-state index contributed by atoms with van der Waals surface area (Å²) in [6.45, 7) is 4.26. The summed E-state index contributed by atoms with van der Waals surface area (Å²) in [7, 11) is 0. The molecule has 2 aromatic rings. The predicted molar refractivity (Wildman–Crippen MR) is 135 cm³/mol. The highest BCUT2D eigenvalue weighted by atomic mass is 14.7. The standard InChI is InChI=1S/C30H28N2/c1-17-11-12-23(30(32)29(17)31)28-26-15-21-9-5-3-7-19(21)13-24(26)18(2)25-14-20-8-4-6-10-22(20)16-27(25)28/h3,5,7-16,26,28,30-31H,4,6,32H2,1-2H3. The van der Waals surface area contributed by atoms with Crippen LogP contribution in [0.2, 0.25) is 0 Å². The van der Waals surface area contributed by atoms with Gasteiger partial charge in [0.05, 0.1) is 11.8 Å². The Bertz CT molecular complexity index is 1530. The Morgan fingerprint density at radius 1 is 0.906 bits per heavy atom. The van der Waals surface area contributed by atoms with E-state index in [2.05, 4.69) is 79.8 Å². The minimum Gasteiger partial charge on any atom is -0.319 e. The number of hydrogen-bond acceptors (Lipinski definition) is 2. The predicted octanol–water partition coefficient (Wildman–Crippen LogP) is 3.04. The molecule has 0 amide bonds. The average molecular weight is 417 g/mol. The first-order valence-corrected chi connectivity index (χ1v) is 11.6. The second-order valence-electron chi connectivity index (χ2n) is 9.49. The second-order valence-corrected chi connectivity index (χ2v) is 9.49. The van der Waals surface area contributed by atoms with Crippen molar-refractivity contribution < 1.29 is 0 Å². The lowest BCUT2D eigenvalue weighted by Crippen LogP contribution is -2.41. The number of nitrogens with two attached hydrogens (primary N) is 1. The van der Waals surface area contributed by atoms with Crippen molar-refractivity contribution >= 4 is 35.6 Å². The minimum absolute atomic E-state index is 0.133. The summed E-state index contributed by atoms with van der Waals surface area (Å²) in [5.41, 5.74) is 14.8. The summed E-state index contributed by atoms with van der Waals surface area (Å²) in [6, 6.07) is 13.1. The van der Waals surface area contributed by atoms with Gasteiger partial charge in [-0.15, -0.1) is 0 Å². The van der Waals surface area contributed by atoms with E-state index >= 15 is 0 Å². The number of hydrogen-bond donors (Lipinski definition) is 2. The summed E-state index contributed by atoms with van der Waals surface area (Å²) in [4.78, 5) is 0. The Morgan fingerprint density at radius 2 is 1.62 bits per heavy atom. The first kappa shape index (κ1) is 19.5. The summed E-state index contributed by atoms with van der Waals surface area (Å²) >= 11 is 0. The molecule has 2 heteroatoms. The van der Waals surface area contributed by atoms with E-state index in [1.54, 1.807) is 0 Å². The largest absolute Gasteiger partial charge is 0.319 e. The third-order valence-electron chi connectivity index (χ3n) is 7.69. The van der Waals surface area contributed by atoms with Crippen LogP contribution in [-0.4, -0.2) is 11.8 Å². The van der Waals surface area contributed by atoms with Gasteiger partial charge in [0.15, 0.2) is 0 Å². The van der Waals surface area contributed by atoms with Gasteiger partial charge < -0.3 is 11.1 Å². The van der Waals surface area contributed by atoms with Crippen molar-refractivity contribution in [1.29, 1.82) is 5.41 Å².